The molecule has 3 aromatic carbocycles. The Balaban J connectivity index is 1.61. The number of rotatable bonds is 5. The number of fused-ring (bicyclic) bond motifs is 1. The highest BCUT2D eigenvalue weighted by Gasteiger charge is 2.14. The van der Waals surface area contributed by atoms with Crippen LogP contribution < -0.4 is 20.2 Å². The van der Waals surface area contributed by atoms with E-state index in [2.05, 4.69) is 5.32 Å². The molecule has 162 valence electrons. The Bertz CT molecular complexity index is 1380. The Labute approximate surface area is 189 Å². The van der Waals surface area contributed by atoms with E-state index in [0.29, 0.717) is 50.1 Å². The van der Waals surface area contributed by atoms with Gasteiger partial charge in [0, 0.05) is 29.3 Å². The second-order valence-electron chi connectivity index (χ2n) is 7.19. The molecule has 0 radical (unpaired) electrons. The zero-order valence-electron chi connectivity index (χ0n) is 17.7. The Kier molecular flexibility index (Phi) is 5.88. The summed E-state index contributed by atoms with van der Waals surface area (Å²) in [5, 5.41) is 3.71. The first-order chi connectivity index (χ1) is 15.4. The maximum atomic E-state index is 12.8. The number of hydrogen-bond donors (Lipinski definition) is 1. The lowest BCUT2D eigenvalue weighted by molar-refractivity contribution is 0.102. The van der Waals surface area contributed by atoms with E-state index in [0.717, 1.165) is 5.56 Å². The number of halogens is 1. The van der Waals surface area contributed by atoms with Crippen molar-refractivity contribution < 1.29 is 18.7 Å². The number of aryl methyl sites for hydroxylation is 1. The first kappa shape index (κ1) is 21.5. The molecule has 4 aromatic rings. The monoisotopic (exact) mass is 449 g/mol. The fraction of sp³-hybridized carbons (Fsp3) is 0.120. The summed E-state index contributed by atoms with van der Waals surface area (Å²) >= 11 is 6.12. The van der Waals surface area contributed by atoms with Crippen molar-refractivity contribution in [2.45, 2.75) is 6.92 Å². The minimum atomic E-state index is -0.338. The minimum Gasteiger partial charge on any atom is -0.495 e. The first-order valence-electron chi connectivity index (χ1n) is 9.77. The fourth-order valence-corrected chi connectivity index (χ4v) is 3.58. The second kappa shape index (κ2) is 8.77. The van der Waals surface area contributed by atoms with Crippen molar-refractivity contribution in [3.63, 3.8) is 0 Å². The fourth-order valence-electron chi connectivity index (χ4n) is 3.35. The SMILES string of the molecule is COc1cc(NC(=O)c2ccc(-c3cc(=O)c4cc(C)ccc4o3)cc2)c(OC)cc1Cl. The number of carbonyl (C=O) groups excluding carboxylic acids is 1. The predicted molar refractivity (Wildman–Crippen MR) is 125 cm³/mol. The van der Waals surface area contributed by atoms with Crippen LogP contribution in [0.15, 0.2) is 69.9 Å². The van der Waals surface area contributed by atoms with Crippen LogP contribution in [0.2, 0.25) is 5.02 Å². The molecule has 0 saturated carbocycles. The Morgan fingerprint density at radius 1 is 0.938 bits per heavy atom. The smallest absolute Gasteiger partial charge is 0.255 e. The number of ether oxygens (including phenoxy) is 2. The number of nitrogens with one attached hydrogen (secondary N) is 1. The van der Waals surface area contributed by atoms with Gasteiger partial charge in [-0.2, -0.15) is 0 Å². The maximum Gasteiger partial charge on any atom is 0.255 e. The molecule has 0 bridgehead atoms. The molecule has 0 fully saturated rings. The van der Waals surface area contributed by atoms with Crippen LogP contribution in [0.3, 0.4) is 0 Å². The van der Waals surface area contributed by atoms with Gasteiger partial charge in [0.15, 0.2) is 5.43 Å². The third-order valence-corrected chi connectivity index (χ3v) is 5.33. The van der Waals surface area contributed by atoms with Crippen molar-refractivity contribution in [3.8, 4) is 22.8 Å². The molecule has 0 aliphatic rings. The number of anilines is 1. The normalized spacial score (nSPS) is 10.8. The molecule has 7 heteroatoms. The van der Waals surface area contributed by atoms with Crippen LogP contribution in [0, 0.1) is 6.92 Å². The van der Waals surface area contributed by atoms with Gasteiger partial charge in [0.25, 0.3) is 5.91 Å². The standard InChI is InChI=1S/C25H20ClNO5/c1-14-4-9-21-17(10-14)20(28)13-22(32-21)15-5-7-16(8-6-15)25(29)27-19-12-23(30-2)18(26)11-24(19)31-3/h4-13H,1-3H3,(H,27,29). The van der Waals surface area contributed by atoms with Gasteiger partial charge in [-0.05, 0) is 31.2 Å². The molecule has 0 saturated heterocycles. The van der Waals surface area contributed by atoms with Crippen LogP contribution in [0.1, 0.15) is 15.9 Å². The van der Waals surface area contributed by atoms with Crippen LogP contribution in [-0.2, 0) is 0 Å². The summed E-state index contributed by atoms with van der Waals surface area (Å²) in [4.78, 5) is 25.2. The van der Waals surface area contributed by atoms with Crippen LogP contribution in [0.5, 0.6) is 11.5 Å². The van der Waals surface area contributed by atoms with Gasteiger partial charge in [0.05, 0.1) is 30.3 Å². The molecule has 0 spiro atoms. The molecular formula is C25H20ClNO5. The summed E-state index contributed by atoms with van der Waals surface area (Å²) in [5.74, 6) is 0.922. The average molecular weight is 450 g/mol. The van der Waals surface area contributed by atoms with Gasteiger partial charge in [-0.1, -0.05) is 35.4 Å². The lowest BCUT2D eigenvalue weighted by atomic mass is 10.1. The highest BCUT2D eigenvalue weighted by molar-refractivity contribution is 6.32. The topological polar surface area (TPSA) is 77.8 Å². The molecule has 0 atom stereocenters. The van der Waals surface area contributed by atoms with Crippen molar-refractivity contribution in [1.29, 1.82) is 0 Å². The second-order valence-corrected chi connectivity index (χ2v) is 7.60. The van der Waals surface area contributed by atoms with Gasteiger partial charge in [-0.3, -0.25) is 9.59 Å². The van der Waals surface area contributed by atoms with Gasteiger partial charge in [0.2, 0.25) is 0 Å². The van der Waals surface area contributed by atoms with Crippen molar-refractivity contribution in [1.82, 2.24) is 0 Å². The van der Waals surface area contributed by atoms with Crippen LogP contribution in [0.25, 0.3) is 22.3 Å². The summed E-state index contributed by atoms with van der Waals surface area (Å²) in [6.45, 7) is 1.92. The Morgan fingerprint density at radius 2 is 1.66 bits per heavy atom. The zero-order valence-corrected chi connectivity index (χ0v) is 18.4. The van der Waals surface area contributed by atoms with E-state index >= 15 is 0 Å². The van der Waals surface area contributed by atoms with E-state index < -0.39 is 0 Å². The van der Waals surface area contributed by atoms with Crippen LogP contribution in [0.4, 0.5) is 5.69 Å². The van der Waals surface area contributed by atoms with Crippen molar-refractivity contribution >= 4 is 34.2 Å². The van der Waals surface area contributed by atoms with Crippen molar-refractivity contribution in [3.05, 3.63) is 87.0 Å². The predicted octanol–water partition coefficient (Wildman–Crippen LogP) is 5.69. The summed E-state index contributed by atoms with van der Waals surface area (Å²) in [6.07, 6.45) is 0. The summed E-state index contributed by atoms with van der Waals surface area (Å²) in [7, 11) is 2.98. The molecule has 4 rings (SSSR count). The molecule has 1 aromatic heterocycles. The number of methoxy groups -OCH3 is 2. The maximum absolute atomic E-state index is 12.8. The molecule has 0 aliphatic heterocycles. The van der Waals surface area contributed by atoms with E-state index in [1.54, 1.807) is 48.5 Å². The van der Waals surface area contributed by atoms with Gasteiger partial charge < -0.3 is 19.2 Å². The van der Waals surface area contributed by atoms with E-state index in [-0.39, 0.29) is 11.3 Å². The summed E-state index contributed by atoms with van der Waals surface area (Å²) < 4.78 is 16.4. The number of benzene rings is 3. The van der Waals surface area contributed by atoms with E-state index in [1.807, 2.05) is 13.0 Å². The molecular weight excluding hydrogens is 430 g/mol. The molecule has 0 aliphatic carbocycles. The lowest BCUT2D eigenvalue weighted by Crippen LogP contribution is -2.12. The molecule has 1 N–H and O–H groups in total. The number of amides is 1. The largest absolute Gasteiger partial charge is 0.495 e. The molecule has 0 unspecified atom stereocenters. The highest BCUT2D eigenvalue weighted by atomic mass is 35.5. The molecule has 6 nitrogen and oxygen atoms in total. The van der Waals surface area contributed by atoms with E-state index in [4.69, 9.17) is 25.5 Å². The van der Waals surface area contributed by atoms with Crippen molar-refractivity contribution in [2.24, 2.45) is 0 Å². The van der Waals surface area contributed by atoms with Gasteiger partial charge in [-0.25, -0.2) is 0 Å². The molecule has 32 heavy (non-hydrogen) atoms. The van der Waals surface area contributed by atoms with Crippen molar-refractivity contribution in [2.75, 3.05) is 19.5 Å². The number of hydrogen-bond acceptors (Lipinski definition) is 5. The third-order valence-electron chi connectivity index (χ3n) is 5.04. The van der Waals surface area contributed by atoms with Gasteiger partial charge in [-0.15, -0.1) is 0 Å². The van der Waals surface area contributed by atoms with Crippen LogP contribution in [-0.4, -0.2) is 20.1 Å². The van der Waals surface area contributed by atoms with Gasteiger partial charge in [0.1, 0.15) is 22.8 Å². The Hall–Kier alpha value is -3.77. The zero-order chi connectivity index (χ0) is 22.8. The average Bonchev–Trinajstić information content (AvgIpc) is 2.80. The highest BCUT2D eigenvalue weighted by Crippen LogP contribution is 2.36. The lowest BCUT2D eigenvalue weighted by Gasteiger charge is -2.13. The summed E-state index contributed by atoms with van der Waals surface area (Å²) in [6, 6.07) is 16.9. The minimum absolute atomic E-state index is 0.115. The molecule has 1 amide bonds. The third kappa shape index (κ3) is 4.18. The number of carbonyl (C=O) groups is 1. The van der Waals surface area contributed by atoms with Crippen LogP contribution >= 0.6 is 11.6 Å². The van der Waals surface area contributed by atoms with E-state index in [9.17, 15) is 9.59 Å². The Morgan fingerprint density at radius 3 is 2.34 bits per heavy atom. The summed E-state index contributed by atoms with van der Waals surface area (Å²) in [5.41, 5.74) is 2.93. The quantitative estimate of drug-likeness (QED) is 0.423. The molecule has 1 heterocycles. The van der Waals surface area contributed by atoms with Gasteiger partial charge >= 0.3 is 0 Å². The first-order valence-corrected chi connectivity index (χ1v) is 10.1. The van der Waals surface area contributed by atoms with E-state index in [1.165, 1.54) is 20.3 Å².